The summed E-state index contributed by atoms with van der Waals surface area (Å²) in [4.78, 5) is 10.9. The third-order valence-corrected chi connectivity index (χ3v) is 2.60. The number of hydrogen-bond donors (Lipinski definition) is 2. The number of ether oxygens (including phenoxy) is 1. The number of fused-ring (bicyclic) bond motifs is 1. The smallest absolute Gasteiger partial charge is 0.354 e. The maximum Gasteiger partial charge on any atom is 0.354 e. The molecule has 5 heteroatoms. The maximum absolute atomic E-state index is 10.9. The number of carbonyl (C=O) groups is 1. The third kappa shape index (κ3) is 1.09. The van der Waals surface area contributed by atoms with Crippen molar-refractivity contribution in [3.8, 4) is 0 Å². The molecule has 0 radical (unpaired) electrons. The van der Waals surface area contributed by atoms with Gasteiger partial charge in [0.15, 0.2) is 5.69 Å². The Bertz CT molecular complexity index is 366. The zero-order chi connectivity index (χ0) is 10.3. The van der Waals surface area contributed by atoms with Crippen molar-refractivity contribution in [2.45, 2.75) is 13.0 Å². The van der Waals surface area contributed by atoms with E-state index in [-0.39, 0.29) is 5.69 Å². The van der Waals surface area contributed by atoms with Gasteiger partial charge in [-0.3, -0.25) is 0 Å². The van der Waals surface area contributed by atoms with Crippen LogP contribution in [0.15, 0.2) is 0 Å². The van der Waals surface area contributed by atoms with Gasteiger partial charge in [0.1, 0.15) is 0 Å². The van der Waals surface area contributed by atoms with Crippen LogP contribution in [0.2, 0.25) is 0 Å². The van der Waals surface area contributed by atoms with E-state index < -0.39 is 5.97 Å². The van der Waals surface area contributed by atoms with E-state index in [1.54, 1.807) is 11.6 Å². The number of nitrogen functional groups attached to an aromatic ring is 1. The average molecular weight is 196 g/mol. The van der Waals surface area contributed by atoms with Crippen molar-refractivity contribution >= 4 is 11.7 Å². The second kappa shape index (κ2) is 3.02. The Labute approximate surface area is 81.1 Å². The summed E-state index contributed by atoms with van der Waals surface area (Å²) >= 11 is 0. The van der Waals surface area contributed by atoms with Crippen molar-refractivity contribution < 1.29 is 14.6 Å². The predicted octanol–water partition coefficient (Wildman–Crippen LogP) is 0.378. The Morgan fingerprint density at radius 3 is 2.93 bits per heavy atom. The largest absolute Gasteiger partial charge is 0.477 e. The Morgan fingerprint density at radius 1 is 1.64 bits per heavy atom. The molecule has 0 fully saturated rings. The molecule has 0 saturated carbocycles. The minimum absolute atomic E-state index is 0.167. The van der Waals surface area contributed by atoms with Gasteiger partial charge in [0.25, 0.3) is 0 Å². The first-order valence-corrected chi connectivity index (χ1v) is 4.40. The van der Waals surface area contributed by atoms with Crippen LogP contribution in [-0.2, 0) is 24.8 Å². The molecule has 1 aliphatic rings. The molecule has 2 rings (SSSR count). The highest BCUT2D eigenvalue weighted by Crippen LogP contribution is 2.28. The first-order valence-electron chi connectivity index (χ1n) is 4.40. The molecule has 0 aliphatic carbocycles. The zero-order valence-corrected chi connectivity index (χ0v) is 7.91. The SMILES string of the molecule is Cn1c2c(c(N)c1C(=O)O)COCC2. The Balaban J connectivity index is 2.63. The number of anilines is 1. The van der Waals surface area contributed by atoms with Crippen LogP contribution in [0.5, 0.6) is 0 Å². The van der Waals surface area contributed by atoms with E-state index in [2.05, 4.69) is 0 Å². The van der Waals surface area contributed by atoms with Gasteiger partial charge in [-0.25, -0.2) is 4.79 Å². The highest BCUT2D eigenvalue weighted by Gasteiger charge is 2.24. The van der Waals surface area contributed by atoms with Gasteiger partial charge in [-0.05, 0) is 0 Å². The second-order valence-electron chi connectivity index (χ2n) is 3.35. The lowest BCUT2D eigenvalue weighted by molar-refractivity contribution is 0.0687. The van der Waals surface area contributed by atoms with Gasteiger partial charge in [0.2, 0.25) is 0 Å². The van der Waals surface area contributed by atoms with Crippen LogP contribution in [0.1, 0.15) is 21.7 Å². The van der Waals surface area contributed by atoms with Gasteiger partial charge in [-0.15, -0.1) is 0 Å². The highest BCUT2D eigenvalue weighted by atomic mass is 16.5. The van der Waals surface area contributed by atoms with Crippen molar-refractivity contribution in [2.24, 2.45) is 7.05 Å². The molecule has 0 atom stereocenters. The molecular weight excluding hydrogens is 184 g/mol. The molecule has 0 spiro atoms. The van der Waals surface area contributed by atoms with Crippen LogP contribution in [0.25, 0.3) is 0 Å². The molecule has 1 aliphatic heterocycles. The fraction of sp³-hybridized carbons (Fsp3) is 0.444. The van der Waals surface area contributed by atoms with Crippen LogP contribution in [0.3, 0.4) is 0 Å². The predicted molar refractivity (Wildman–Crippen MR) is 50.1 cm³/mol. The number of carboxylic acid groups (broad SMARTS) is 1. The summed E-state index contributed by atoms with van der Waals surface area (Å²) in [6.07, 6.45) is 0.726. The van der Waals surface area contributed by atoms with Gasteiger partial charge in [0, 0.05) is 24.7 Å². The van der Waals surface area contributed by atoms with E-state index in [1.807, 2.05) is 0 Å². The van der Waals surface area contributed by atoms with Gasteiger partial charge >= 0.3 is 5.97 Å². The van der Waals surface area contributed by atoms with Crippen LogP contribution in [0.4, 0.5) is 5.69 Å². The summed E-state index contributed by atoms with van der Waals surface area (Å²) in [6.45, 7) is 1.05. The number of aromatic nitrogens is 1. The number of aromatic carboxylic acids is 1. The lowest BCUT2D eigenvalue weighted by atomic mass is 10.1. The van der Waals surface area contributed by atoms with Gasteiger partial charge in [-0.1, -0.05) is 0 Å². The van der Waals surface area contributed by atoms with E-state index in [9.17, 15) is 4.79 Å². The molecule has 0 unspecified atom stereocenters. The number of carboxylic acids is 1. The van der Waals surface area contributed by atoms with E-state index in [0.29, 0.717) is 18.9 Å². The zero-order valence-electron chi connectivity index (χ0n) is 7.91. The van der Waals surface area contributed by atoms with Crippen LogP contribution >= 0.6 is 0 Å². The topological polar surface area (TPSA) is 77.5 Å². The van der Waals surface area contributed by atoms with Crippen molar-refractivity contribution in [1.82, 2.24) is 4.57 Å². The number of nitrogens with two attached hydrogens (primary N) is 1. The Morgan fingerprint density at radius 2 is 2.36 bits per heavy atom. The van der Waals surface area contributed by atoms with Gasteiger partial charge < -0.3 is 20.1 Å². The number of rotatable bonds is 1. The maximum atomic E-state index is 10.9. The molecule has 3 N–H and O–H groups in total. The first kappa shape index (κ1) is 9.08. The number of nitrogens with zero attached hydrogens (tertiary/aromatic N) is 1. The number of hydrogen-bond acceptors (Lipinski definition) is 3. The highest BCUT2D eigenvalue weighted by molar-refractivity contribution is 5.93. The Kier molecular flexibility index (Phi) is 1.96. The lowest BCUT2D eigenvalue weighted by Crippen LogP contribution is -2.13. The van der Waals surface area contributed by atoms with Gasteiger partial charge in [-0.2, -0.15) is 0 Å². The molecule has 0 bridgehead atoms. The third-order valence-electron chi connectivity index (χ3n) is 2.60. The molecule has 76 valence electrons. The molecular formula is C9H12N2O3. The molecule has 1 aromatic rings. The van der Waals surface area contributed by atoms with Crippen molar-refractivity contribution in [3.63, 3.8) is 0 Å². The fourth-order valence-corrected chi connectivity index (χ4v) is 1.90. The van der Waals surface area contributed by atoms with E-state index in [1.165, 1.54) is 0 Å². The van der Waals surface area contributed by atoms with Crippen molar-refractivity contribution in [3.05, 3.63) is 17.0 Å². The summed E-state index contributed by atoms with van der Waals surface area (Å²) in [6, 6.07) is 0. The molecule has 14 heavy (non-hydrogen) atoms. The summed E-state index contributed by atoms with van der Waals surface area (Å²) in [7, 11) is 1.73. The summed E-state index contributed by atoms with van der Waals surface area (Å²) in [5, 5.41) is 8.95. The van der Waals surface area contributed by atoms with Crippen LogP contribution in [-0.4, -0.2) is 22.2 Å². The van der Waals surface area contributed by atoms with Crippen LogP contribution < -0.4 is 5.73 Å². The quantitative estimate of drug-likeness (QED) is 0.680. The molecule has 0 amide bonds. The summed E-state index contributed by atoms with van der Waals surface area (Å²) < 4.78 is 6.89. The molecule has 2 heterocycles. The van der Waals surface area contributed by atoms with E-state index in [0.717, 1.165) is 17.7 Å². The lowest BCUT2D eigenvalue weighted by Gasteiger charge is -2.14. The van der Waals surface area contributed by atoms with Gasteiger partial charge in [0.05, 0.1) is 18.9 Å². The molecule has 5 nitrogen and oxygen atoms in total. The van der Waals surface area contributed by atoms with Crippen molar-refractivity contribution in [1.29, 1.82) is 0 Å². The standard InChI is InChI=1S/C9H12N2O3/c1-11-6-2-3-14-4-5(6)7(10)8(11)9(12)13/h2-4,10H2,1H3,(H,12,13). The normalized spacial score (nSPS) is 15.2. The average Bonchev–Trinajstić information content (AvgIpc) is 2.41. The van der Waals surface area contributed by atoms with Crippen molar-refractivity contribution in [2.75, 3.05) is 12.3 Å². The monoisotopic (exact) mass is 196 g/mol. The van der Waals surface area contributed by atoms with E-state index >= 15 is 0 Å². The van der Waals surface area contributed by atoms with E-state index in [4.69, 9.17) is 15.6 Å². The molecule has 0 saturated heterocycles. The summed E-state index contributed by atoms with van der Waals surface area (Å²) in [5.74, 6) is -0.987. The minimum Gasteiger partial charge on any atom is -0.477 e. The Hall–Kier alpha value is -1.49. The molecule has 0 aromatic carbocycles. The summed E-state index contributed by atoms with van der Waals surface area (Å²) in [5.41, 5.74) is 8.06. The molecule has 1 aromatic heterocycles. The van der Waals surface area contributed by atoms with Crippen LogP contribution in [0, 0.1) is 0 Å². The first-order chi connectivity index (χ1) is 6.63. The minimum atomic E-state index is -0.987. The second-order valence-corrected chi connectivity index (χ2v) is 3.35. The fourth-order valence-electron chi connectivity index (χ4n) is 1.90.